The van der Waals surface area contributed by atoms with Crippen LogP contribution >= 0.6 is 0 Å². The van der Waals surface area contributed by atoms with Crippen molar-refractivity contribution in [2.45, 2.75) is 18.2 Å². The number of benzene rings is 3. The van der Waals surface area contributed by atoms with Crippen LogP contribution in [0.5, 0.6) is 0 Å². The second-order valence-electron chi connectivity index (χ2n) is 8.81. The Morgan fingerprint density at radius 2 is 1.42 bits per heavy atom. The number of nitrogens with zero attached hydrogens (tertiary/aromatic N) is 2. The number of carbonyl (C=O) groups excluding carboxylic acids is 2. The van der Waals surface area contributed by atoms with Crippen LogP contribution in [0.4, 0.5) is 4.39 Å². The number of fused-ring (bicyclic) bond motifs is 1. The Labute approximate surface area is 208 Å². The number of carbonyl (C=O) groups is 2. The smallest absolute Gasteiger partial charge is 0.261 e. The first-order valence-electron chi connectivity index (χ1n) is 11.4. The molecule has 0 saturated carbocycles. The summed E-state index contributed by atoms with van der Waals surface area (Å²) in [5.74, 6) is -0.959. The van der Waals surface area contributed by atoms with E-state index < -0.39 is 9.84 Å². The van der Waals surface area contributed by atoms with Gasteiger partial charge >= 0.3 is 0 Å². The summed E-state index contributed by atoms with van der Waals surface area (Å²) in [6.45, 7) is 2.14. The number of rotatable bonds is 6. The molecule has 2 heterocycles. The van der Waals surface area contributed by atoms with Crippen LogP contribution in [-0.4, -0.2) is 42.5 Å². The Morgan fingerprint density at radius 3 is 1.97 bits per heavy atom. The number of sulfone groups is 1. The van der Waals surface area contributed by atoms with Gasteiger partial charge in [0.25, 0.3) is 11.8 Å². The van der Waals surface area contributed by atoms with Crippen molar-refractivity contribution in [2.24, 2.45) is 0 Å². The molecule has 4 aromatic rings. The monoisotopic (exact) mass is 502 g/mol. The number of halogens is 1. The van der Waals surface area contributed by atoms with Gasteiger partial charge in [-0.25, -0.2) is 12.8 Å². The zero-order chi connectivity index (χ0) is 25.6. The number of hydrogen-bond donors (Lipinski definition) is 0. The second kappa shape index (κ2) is 8.87. The molecule has 0 atom stereocenters. The van der Waals surface area contributed by atoms with E-state index in [-0.39, 0.29) is 29.1 Å². The third-order valence-corrected chi connectivity index (χ3v) is 7.63. The lowest BCUT2D eigenvalue weighted by Gasteiger charge is -2.14. The summed E-state index contributed by atoms with van der Waals surface area (Å²) in [5.41, 5.74) is 4.92. The van der Waals surface area contributed by atoms with Gasteiger partial charge in [0, 0.05) is 24.2 Å². The average molecular weight is 503 g/mol. The Balaban J connectivity index is 1.52. The van der Waals surface area contributed by atoms with Gasteiger partial charge in [0.1, 0.15) is 5.82 Å². The molecule has 0 fully saturated rings. The molecule has 0 N–H and O–H groups in total. The first kappa shape index (κ1) is 23.7. The molecule has 0 unspecified atom stereocenters. The van der Waals surface area contributed by atoms with E-state index in [1.165, 1.54) is 17.0 Å². The fourth-order valence-electron chi connectivity index (χ4n) is 4.59. The van der Waals surface area contributed by atoms with E-state index in [4.69, 9.17) is 0 Å². The summed E-state index contributed by atoms with van der Waals surface area (Å²) in [6.07, 6.45) is 1.59. The van der Waals surface area contributed by atoms with Gasteiger partial charge in [-0.1, -0.05) is 24.3 Å². The van der Waals surface area contributed by atoms with E-state index in [2.05, 4.69) is 0 Å². The summed E-state index contributed by atoms with van der Waals surface area (Å²) in [5, 5.41) is 0. The van der Waals surface area contributed by atoms with Gasteiger partial charge in [-0.05, 0) is 79.1 Å². The molecule has 0 saturated heterocycles. The maximum Gasteiger partial charge on any atom is 0.261 e. The highest BCUT2D eigenvalue weighted by Gasteiger charge is 2.34. The normalized spacial score (nSPS) is 13.4. The van der Waals surface area contributed by atoms with E-state index in [0.29, 0.717) is 17.5 Å². The summed E-state index contributed by atoms with van der Waals surface area (Å²) < 4.78 is 39.4. The molecule has 2 amide bonds. The van der Waals surface area contributed by atoms with Crippen LogP contribution in [0.1, 0.15) is 32.0 Å². The highest BCUT2D eigenvalue weighted by atomic mass is 32.2. The molecule has 3 aromatic carbocycles. The van der Waals surface area contributed by atoms with Crippen LogP contribution < -0.4 is 0 Å². The molecular formula is C28H23FN2O4S. The standard InChI is InChI=1S/C28H23FN2O4S/c1-18-20(15-16-30-27(32)24-5-3-4-6-25(24)28(30)33)17-26(31(18)22-11-9-21(29)10-12-22)19-7-13-23(14-8-19)36(2,34)35/h3-14,17H,15-16H2,1-2H3. The predicted octanol–water partition coefficient (Wildman–Crippen LogP) is 4.83. The van der Waals surface area contributed by atoms with Crippen molar-refractivity contribution in [3.8, 4) is 16.9 Å². The number of hydrogen-bond acceptors (Lipinski definition) is 4. The molecule has 6 nitrogen and oxygen atoms in total. The van der Waals surface area contributed by atoms with Gasteiger partial charge in [0.2, 0.25) is 0 Å². The SMILES string of the molecule is Cc1c(CCN2C(=O)c3ccccc3C2=O)cc(-c2ccc(S(C)(=O)=O)cc2)n1-c1ccc(F)cc1. The Bertz CT molecular complexity index is 1570. The van der Waals surface area contributed by atoms with Gasteiger partial charge < -0.3 is 4.57 Å². The minimum absolute atomic E-state index is 0.215. The molecular weight excluding hydrogens is 479 g/mol. The fraction of sp³-hybridized carbons (Fsp3) is 0.143. The van der Waals surface area contributed by atoms with Crippen LogP contribution in [0.25, 0.3) is 16.9 Å². The molecule has 8 heteroatoms. The summed E-state index contributed by atoms with van der Waals surface area (Å²) in [6, 6.07) is 21.4. The number of amides is 2. The van der Waals surface area contributed by atoms with E-state index >= 15 is 0 Å². The molecule has 5 rings (SSSR count). The third kappa shape index (κ3) is 4.13. The Hall–Kier alpha value is -4.04. The van der Waals surface area contributed by atoms with Crippen LogP contribution in [0.15, 0.2) is 83.8 Å². The quantitative estimate of drug-likeness (QED) is 0.354. The second-order valence-corrected chi connectivity index (χ2v) is 10.8. The minimum Gasteiger partial charge on any atom is -0.314 e. The molecule has 1 aromatic heterocycles. The van der Waals surface area contributed by atoms with Crippen LogP contribution in [0.2, 0.25) is 0 Å². The lowest BCUT2D eigenvalue weighted by molar-refractivity contribution is 0.0656. The molecule has 182 valence electrons. The summed E-state index contributed by atoms with van der Waals surface area (Å²) >= 11 is 0. The van der Waals surface area contributed by atoms with E-state index in [1.54, 1.807) is 60.7 Å². The van der Waals surface area contributed by atoms with E-state index in [1.807, 2.05) is 17.6 Å². The minimum atomic E-state index is -3.34. The van der Waals surface area contributed by atoms with Crippen molar-refractivity contribution in [2.75, 3.05) is 12.8 Å². The predicted molar refractivity (Wildman–Crippen MR) is 135 cm³/mol. The molecule has 36 heavy (non-hydrogen) atoms. The summed E-state index contributed by atoms with van der Waals surface area (Å²) in [4.78, 5) is 27.1. The molecule has 0 bridgehead atoms. The lowest BCUT2D eigenvalue weighted by atomic mass is 10.1. The number of imide groups is 1. The maximum absolute atomic E-state index is 13.6. The topological polar surface area (TPSA) is 76.5 Å². The average Bonchev–Trinajstić information content (AvgIpc) is 3.31. The molecule has 1 aliphatic heterocycles. The molecule has 1 aliphatic rings. The maximum atomic E-state index is 13.6. The van der Waals surface area contributed by atoms with Crippen molar-refractivity contribution < 1.29 is 22.4 Å². The van der Waals surface area contributed by atoms with Crippen molar-refractivity contribution in [3.05, 3.63) is 107 Å². The zero-order valence-corrected chi connectivity index (χ0v) is 20.5. The third-order valence-electron chi connectivity index (χ3n) is 6.50. The first-order valence-corrected chi connectivity index (χ1v) is 13.3. The number of aromatic nitrogens is 1. The van der Waals surface area contributed by atoms with E-state index in [0.717, 1.165) is 34.5 Å². The molecule has 0 spiro atoms. The van der Waals surface area contributed by atoms with Crippen molar-refractivity contribution >= 4 is 21.7 Å². The van der Waals surface area contributed by atoms with E-state index in [9.17, 15) is 22.4 Å². The van der Waals surface area contributed by atoms with Crippen molar-refractivity contribution in [1.29, 1.82) is 0 Å². The highest BCUT2D eigenvalue weighted by Crippen LogP contribution is 2.31. The van der Waals surface area contributed by atoms with Crippen molar-refractivity contribution in [1.82, 2.24) is 9.47 Å². The van der Waals surface area contributed by atoms with Gasteiger partial charge in [0.15, 0.2) is 9.84 Å². The fourth-order valence-corrected chi connectivity index (χ4v) is 5.22. The van der Waals surface area contributed by atoms with Crippen LogP contribution in [0, 0.1) is 12.7 Å². The Morgan fingerprint density at radius 1 is 0.833 bits per heavy atom. The van der Waals surface area contributed by atoms with Crippen LogP contribution in [-0.2, 0) is 16.3 Å². The van der Waals surface area contributed by atoms with Gasteiger partial charge in [0.05, 0.1) is 21.7 Å². The highest BCUT2D eigenvalue weighted by molar-refractivity contribution is 7.90. The zero-order valence-electron chi connectivity index (χ0n) is 19.7. The van der Waals surface area contributed by atoms with Gasteiger partial charge in [-0.3, -0.25) is 14.5 Å². The van der Waals surface area contributed by atoms with Gasteiger partial charge in [-0.2, -0.15) is 0 Å². The molecule has 0 radical (unpaired) electrons. The van der Waals surface area contributed by atoms with Crippen molar-refractivity contribution in [3.63, 3.8) is 0 Å². The van der Waals surface area contributed by atoms with Crippen LogP contribution in [0.3, 0.4) is 0 Å². The summed E-state index contributed by atoms with van der Waals surface area (Å²) in [7, 11) is -3.34. The van der Waals surface area contributed by atoms with Gasteiger partial charge in [-0.15, -0.1) is 0 Å². The Kier molecular flexibility index (Phi) is 5.84. The lowest BCUT2D eigenvalue weighted by Crippen LogP contribution is -2.31. The molecule has 0 aliphatic carbocycles. The largest absolute Gasteiger partial charge is 0.314 e. The first-order chi connectivity index (χ1) is 17.1.